The zero-order valence-corrected chi connectivity index (χ0v) is 10.1. The van der Waals surface area contributed by atoms with Crippen LogP contribution < -0.4 is 10.5 Å². The highest BCUT2D eigenvalue weighted by Gasteiger charge is 2.17. The summed E-state index contributed by atoms with van der Waals surface area (Å²) in [7, 11) is 0. The van der Waals surface area contributed by atoms with Gasteiger partial charge in [0, 0.05) is 17.8 Å². The predicted molar refractivity (Wildman–Crippen MR) is 65.1 cm³/mol. The molecular weight excluding hydrogens is 208 g/mol. The molecule has 0 saturated heterocycles. The fourth-order valence-corrected chi connectivity index (χ4v) is 1.06. The van der Waals surface area contributed by atoms with Crippen LogP contribution in [-0.4, -0.2) is 15.6 Å². The number of nitrogens with two attached hydrogens (primary N) is 1. The van der Waals surface area contributed by atoms with Gasteiger partial charge in [-0.1, -0.05) is 19.1 Å². The third kappa shape index (κ3) is 3.47. The first-order valence-corrected chi connectivity index (χ1v) is 5.30. The average molecular weight is 224 g/mol. The molecule has 0 aliphatic heterocycles. The van der Waals surface area contributed by atoms with Crippen molar-refractivity contribution < 1.29 is 4.74 Å². The van der Waals surface area contributed by atoms with Crippen molar-refractivity contribution in [2.24, 2.45) is 5.73 Å². The molecule has 1 aromatic heterocycles. The SMILES string of the molecule is CCC(C)(C)Oc1ccc(C(N)=S)cn1. The molecule has 0 spiro atoms. The quantitative estimate of drug-likeness (QED) is 0.797. The second-order valence-corrected chi connectivity index (χ2v) is 4.40. The lowest BCUT2D eigenvalue weighted by Gasteiger charge is -2.23. The Hall–Kier alpha value is -1.16. The van der Waals surface area contributed by atoms with E-state index in [4.69, 9.17) is 22.7 Å². The van der Waals surface area contributed by atoms with Crippen LogP contribution in [0.2, 0.25) is 0 Å². The van der Waals surface area contributed by atoms with Crippen molar-refractivity contribution in [2.45, 2.75) is 32.8 Å². The lowest BCUT2D eigenvalue weighted by Crippen LogP contribution is -2.27. The van der Waals surface area contributed by atoms with Crippen LogP contribution >= 0.6 is 12.2 Å². The molecule has 0 amide bonds. The van der Waals surface area contributed by atoms with Gasteiger partial charge < -0.3 is 10.5 Å². The third-order valence-corrected chi connectivity index (χ3v) is 2.49. The monoisotopic (exact) mass is 224 g/mol. The fourth-order valence-electron chi connectivity index (χ4n) is 0.942. The zero-order chi connectivity index (χ0) is 11.5. The summed E-state index contributed by atoms with van der Waals surface area (Å²) in [6.07, 6.45) is 2.55. The summed E-state index contributed by atoms with van der Waals surface area (Å²) in [5.41, 5.74) is 6.03. The Labute approximate surface area is 95.7 Å². The van der Waals surface area contributed by atoms with E-state index in [1.54, 1.807) is 12.3 Å². The number of thiocarbonyl (C=S) groups is 1. The summed E-state index contributed by atoms with van der Waals surface area (Å²) in [4.78, 5) is 4.49. The largest absolute Gasteiger partial charge is 0.472 e. The highest BCUT2D eigenvalue weighted by atomic mass is 32.1. The van der Waals surface area contributed by atoms with E-state index in [2.05, 4.69) is 11.9 Å². The van der Waals surface area contributed by atoms with Crippen molar-refractivity contribution in [1.29, 1.82) is 0 Å². The first kappa shape index (κ1) is 11.9. The number of pyridine rings is 1. The maximum atomic E-state index is 5.69. The van der Waals surface area contributed by atoms with E-state index in [0.29, 0.717) is 10.9 Å². The van der Waals surface area contributed by atoms with E-state index >= 15 is 0 Å². The van der Waals surface area contributed by atoms with Gasteiger partial charge in [0.25, 0.3) is 0 Å². The molecule has 0 atom stereocenters. The molecule has 1 heterocycles. The molecule has 2 N–H and O–H groups in total. The minimum absolute atomic E-state index is 0.197. The molecule has 0 radical (unpaired) electrons. The van der Waals surface area contributed by atoms with Gasteiger partial charge in [-0.05, 0) is 26.3 Å². The minimum Gasteiger partial charge on any atom is -0.472 e. The van der Waals surface area contributed by atoms with Gasteiger partial charge in [0.15, 0.2) is 0 Å². The van der Waals surface area contributed by atoms with Crippen LogP contribution in [0.1, 0.15) is 32.8 Å². The maximum Gasteiger partial charge on any atom is 0.213 e. The van der Waals surface area contributed by atoms with E-state index in [1.807, 2.05) is 19.9 Å². The van der Waals surface area contributed by atoms with Gasteiger partial charge in [-0.2, -0.15) is 0 Å². The predicted octanol–water partition coefficient (Wildman–Crippen LogP) is 2.28. The highest BCUT2D eigenvalue weighted by Crippen LogP contribution is 2.18. The zero-order valence-electron chi connectivity index (χ0n) is 9.28. The summed E-state index contributed by atoms with van der Waals surface area (Å²) in [5.74, 6) is 0.599. The maximum absolute atomic E-state index is 5.69. The Balaban J connectivity index is 2.77. The molecular formula is C11H16N2OS. The summed E-state index contributed by atoms with van der Waals surface area (Å²) in [5, 5.41) is 0. The Kier molecular flexibility index (Phi) is 3.63. The van der Waals surface area contributed by atoms with Crippen LogP contribution in [0.4, 0.5) is 0 Å². The molecule has 82 valence electrons. The van der Waals surface area contributed by atoms with Gasteiger partial charge >= 0.3 is 0 Å². The van der Waals surface area contributed by atoms with Crippen molar-refractivity contribution in [3.05, 3.63) is 23.9 Å². The average Bonchev–Trinajstić information content (AvgIpc) is 2.18. The number of aromatic nitrogens is 1. The summed E-state index contributed by atoms with van der Waals surface area (Å²) >= 11 is 4.83. The van der Waals surface area contributed by atoms with Gasteiger partial charge in [-0.15, -0.1) is 0 Å². The number of ether oxygens (including phenoxy) is 1. The van der Waals surface area contributed by atoms with Crippen LogP contribution in [0.3, 0.4) is 0 Å². The van der Waals surface area contributed by atoms with Crippen molar-refractivity contribution >= 4 is 17.2 Å². The molecule has 0 aliphatic carbocycles. The van der Waals surface area contributed by atoms with E-state index in [9.17, 15) is 0 Å². The molecule has 15 heavy (non-hydrogen) atoms. The van der Waals surface area contributed by atoms with E-state index in [0.717, 1.165) is 12.0 Å². The minimum atomic E-state index is -0.197. The first-order chi connectivity index (χ1) is 6.94. The normalized spacial score (nSPS) is 11.1. The molecule has 0 unspecified atom stereocenters. The van der Waals surface area contributed by atoms with Gasteiger partial charge in [0.2, 0.25) is 5.88 Å². The molecule has 0 aromatic carbocycles. The van der Waals surface area contributed by atoms with Crippen LogP contribution in [0.15, 0.2) is 18.3 Å². The third-order valence-electron chi connectivity index (χ3n) is 2.25. The molecule has 1 rings (SSSR count). The second-order valence-electron chi connectivity index (χ2n) is 3.96. The molecule has 4 heteroatoms. The van der Waals surface area contributed by atoms with Crippen LogP contribution in [0.5, 0.6) is 5.88 Å². The smallest absolute Gasteiger partial charge is 0.213 e. The highest BCUT2D eigenvalue weighted by molar-refractivity contribution is 7.80. The van der Waals surface area contributed by atoms with Crippen molar-refractivity contribution in [3.8, 4) is 5.88 Å². The topological polar surface area (TPSA) is 48.1 Å². The van der Waals surface area contributed by atoms with Gasteiger partial charge in [-0.25, -0.2) is 4.98 Å². The van der Waals surface area contributed by atoms with E-state index in [1.165, 1.54) is 0 Å². The Morgan fingerprint density at radius 3 is 2.60 bits per heavy atom. The molecule has 0 aliphatic rings. The second kappa shape index (κ2) is 4.57. The molecule has 0 fully saturated rings. The van der Waals surface area contributed by atoms with Gasteiger partial charge in [0.05, 0.1) is 0 Å². The van der Waals surface area contributed by atoms with Gasteiger partial charge in [-0.3, -0.25) is 0 Å². The van der Waals surface area contributed by atoms with Crippen molar-refractivity contribution in [1.82, 2.24) is 4.98 Å². The lowest BCUT2D eigenvalue weighted by atomic mass is 10.1. The molecule has 0 bridgehead atoms. The summed E-state index contributed by atoms with van der Waals surface area (Å²) in [6, 6.07) is 3.60. The Bertz CT molecular complexity index is 346. The van der Waals surface area contributed by atoms with Gasteiger partial charge in [0.1, 0.15) is 10.6 Å². The van der Waals surface area contributed by atoms with Crippen LogP contribution in [0.25, 0.3) is 0 Å². The number of rotatable bonds is 4. The molecule has 3 nitrogen and oxygen atoms in total. The summed E-state index contributed by atoms with van der Waals surface area (Å²) < 4.78 is 5.69. The van der Waals surface area contributed by atoms with Crippen molar-refractivity contribution in [3.63, 3.8) is 0 Å². The number of hydrogen-bond acceptors (Lipinski definition) is 3. The Morgan fingerprint density at radius 1 is 1.53 bits per heavy atom. The number of hydrogen-bond donors (Lipinski definition) is 1. The summed E-state index contributed by atoms with van der Waals surface area (Å²) in [6.45, 7) is 6.12. The standard InChI is InChI=1S/C11H16N2OS/c1-4-11(2,3)14-9-6-5-8(7-13-9)10(12)15/h5-7H,4H2,1-3H3,(H2,12,15). The Morgan fingerprint density at radius 2 is 2.20 bits per heavy atom. The van der Waals surface area contributed by atoms with Crippen molar-refractivity contribution in [2.75, 3.05) is 0 Å². The lowest BCUT2D eigenvalue weighted by molar-refractivity contribution is 0.0990. The first-order valence-electron chi connectivity index (χ1n) is 4.89. The fraction of sp³-hybridized carbons (Fsp3) is 0.455. The van der Waals surface area contributed by atoms with E-state index < -0.39 is 0 Å². The van der Waals surface area contributed by atoms with E-state index in [-0.39, 0.29) is 5.60 Å². The van der Waals surface area contributed by atoms with Crippen LogP contribution in [0, 0.1) is 0 Å². The number of nitrogens with zero attached hydrogens (tertiary/aromatic N) is 1. The molecule has 0 saturated carbocycles. The van der Waals surface area contributed by atoms with Crippen LogP contribution in [-0.2, 0) is 0 Å². The molecule has 1 aromatic rings.